The maximum absolute atomic E-state index is 15.3. The highest BCUT2D eigenvalue weighted by Gasteiger charge is 2.22. The van der Waals surface area contributed by atoms with E-state index >= 15 is 4.39 Å². The monoisotopic (exact) mass is 542 g/mol. The molecule has 0 saturated carbocycles. The molecule has 1 N–H and O–H groups in total. The van der Waals surface area contributed by atoms with Crippen LogP contribution in [-0.4, -0.2) is 65.8 Å². The first kappa shape index (κ1) is 27.1. The Morgan fingerprint density at radius 3 is 2.75 bits per heavy atom. The summed E-state index contributed by atoms with van der Waals surface area (Å²) < 4.78 is 27.9. The van der Waals surface area contributed by atoms with Gasteiger partial charge >= 0.3 is 12.1 Å². The fourth-order valence-electron chi connectivity index (χ4n) is 5.11. The molecule has 0 aliphatic carbocycles. The number of hydrogen-bond acceptors (Lipinski definition) is 7. The molecule has 1 saturated heterocycles. The standard InChI is InChI=1S/C30H31FN6O3/c1-36-14-3-4-21(18-36)19-40-29-35-27(23-7-5-20(17-32)6-8-23)26(28-33-13-15-37(28)29)24-10-9-22(25(31)16-24)11-12-34-30(38)39-2/h5-10,13,15-16,21H,3-4,11-12,14,18-19H2,1-2H3,(H,34,38)/t21-/m1/s1. The van der Waals surface area contributed by atoms with Crippen LogP contribution in [0.2, 0.25) is 0 Å². The molecule has 3 heterocycles. The van der Waals surface area contributed by atoms with E-state index in [1.54, 1.807) is 35.0 Å². The Morgan fingerprint density at radius 1 is 1.23 bits per heavy atom. The van der Waals surface area contributed by atoms with E-state index in [0.717, 1.165) is 31.5 Å². The lowest BCUT2D eigenvalue weighted by Gasteiger charge is -2.29. The maximum atomic E-state index is 15.3. The number of benzene rings is 2. The van der Waals surface area contributed by atoms with E-state index in [4.69, 9.17) is 9.72 Å². The molecule has 1 aliphatic heterocycles. The third-order valence-electron chi connectivity index (χ3n) is 7.16. The van der Waals surface area contributed by atoms with Gasteiger partial charge in [-0.05, 0) is 62.2 Å². The van der Waals surface area contributed by atoms with Crippen LogP contribution in [0, 0.1) is 23.1 Å². The van der Waals surface area contributed by atoms with Crippen molar-refractivity contribution >= 4 is 11.7 Å². The highest BCUT2D eigenvalue weighted by Crippen LogP contribution is 2.37. The number of halogens is 1. The van der Waals surface area contributed by atoms with E-state index in [2.05, 4.69) is 33.1 Å². The van der Waals surface area contributed by atoms with Crippen LogP contribution in [0.1, 0.15) is 24.0 Å². The van der Waals surface area contributed by atoms with Crippen molar-refractivity contribution in [1.29, 1.82) is 5.26 Å². The summed E-state index contributed by atoms with van der Waals surface area (Å²) in [6.07, 6.45) is 5.44. The van der Waals surface area contributed by atoms with Crippen LogP contribution in [0.4, 0.5) is 9.18 Å². The second-order valence-electron chi connectivity index (χ2n) is 9.98. The molecule has 1 atom stereocenters. The lowest BCUT2D eigenvalue weighted by molar-refractivity contribution is 0.143. The van der Waals surface area contributed by atoms with E-state index in [0.29, 0.717) is 58.6 Å². The van der Waals surface area contributed by atoms with Crippen LogP contribution < -0.4 is 10.1 Å². The zero-order chi connectivity index (χ0) is 28.1. The predicted molar refractivity (Wildman–Crippen MR) is 148 cm³/mol. The zero-order valence-electron chi connectivity index (χ0n) is 22.6. The lowest BCUT2D eigenvalue weighted by Crippen LogP contribution is -2.35. The molecule has 0 radical (unpaired) electrons. The van der Waals surface area contributed by atoms with Gasteiger partial charge in [0, 0.05) is 37.0 Å². The first-order valence-electron chi connectivity index (χ1n) is 13.3. The number of hydrogen-bond donors (Lipinski definition) is 1. The number of nitrogens with zero attached hydrogens (tertiary/aromatic N) is 5. The third-order valence-corrected chi connectivity index (χ3v) is 7.16. The van der Waals surface area contributed by atoms with Gasteiger partial charge in [0.2, 0.25) is 0 Å². The van der Waals surface area contributed by atoms with Gasteiger partial charge < -0.3 is 19.7 Å². The summed E-state index contributed by atoms with van der Waals surface area (Å²) >= 11 is 0. The minimum absolute atomic E-state index is 0.244. The summed E-state index contributed by atoms with van der Waals surface area (Å²) in [5, 5.41) is 11.9. The van der Waals surface area contributed by atoms with Crippen molar-refractivity contribution in [2.45, 2.75) is 19.3 Å². The minimum Gasteiger partial charge on any atom is -0.464 e. The molecule has 2 aromatic carbocycles. The van der Waals surface area contributed by atoms with Gasteiger partial charge in [0.05, 0.1) is 36.6 Å². The number of imidazole rings is 1. The quantitative estimate of drug-likeness (QED) is 0.344. The summed E-state index contributed by atoms with van der Waals surface area (Å²) in [7, 11) is 3.40. The molecule has 1 amide bonds. The first-order valence-corrected chi connectivity index (χ1v) is 13.3. The van der Waals surface area contributed by atoms with Gasteiger partial charge in [-0.15, -0.1) is 0 Å². The predicted octanol–water partition coefficient (Wildman–Crippen LogP) is 4.69. The van der Waals surface area contributed by atoms with E-state index in [-0.39, 0.29) is 6.54 Å². The Morgan fingerprint density at radius 2 is 2.02 bits per heavy atom. The SMILES string of the molecule is COC(=O)NCCc1ccc(-c2c(-c3ccc(C#N)cc3)nc(OC[C@@H]3CCCN(C)C3)n3ccnc23)cc1F. The largest absolute Gasteiger partial charge is 0.464 e. The van der Waals surface area contributed by atoms with E-state index < -0.39 is 11.9 Å². The Bertz CT molecular complexity index is 1550. The normalized spacial score (nSPS) is 15.5. The average Bonchev–Trinajstić information content (AvgIpc) is 3.46. The van der Waals surface area contributed by atoms with Crippen LogP contribution in [-0.2, 0) is 11.2 Å². The Hall–Kier alpha value is -4.49. The molecule has 0 spiro atoms. The van der Waals surface area contributed by atoms with Gasteiger partial charge in [-0.25, -0.2) is 14.2 Å². The number of ether oxygens (including phenoxy) is 2. The number of rotatable bonds is 8. The number of carbonyl (C=O) groups excluding carboxylic acids is 1. The van der Waals surface area contributed by atoms with Crippen molar-refractivity contribution in [3.05, 3.63) is 71.8 Å². The van der Waals surface area contributed by atoms with E-state index in [1.807, 2.05) is 18.2 Å². The molecule has 5 rings (SSSR count). The highest BCUT2D eigenvalue weighted by atomic mass is 19.1. The fourth-order valence-corrected chi connectivity index (χ4v) is 5.11. The van der Waals surface area contributed by atoms with Gasteiger partial charge in [-0.2, -0.15) is 10.2 Å². The Balaban J connectivity index is 1.54. The van der Waals surface area contributed by atoms with Gasteiger partial charge in [0.25, 0.3) is 0 Å². The summed E-state index contributed by atoms with van der Waals surface area (Å²) in [4.78, 5) is 23.2. The van der Waals surface area contributed by atoms with Gasteiger partial charge in [-0.1, -0.05) is 24.3 Å². The maximum Gasteiger partial charge on any atom is 0.406 e. The smallest absolute Gasteiger partial charge is 0.406 e. The summed E-state index contributed by atoms with van der Waals surface area (Å²) in [5.74, 6) is -0.00568. The number of carbonyl (C=O) groups is 1. The molecule has 9 nitrogen and oxygen atoms in total. The number of fused-ring (bicyclic) bond motifs is 1. The minimum atomic E-state index is -0.560. The second-order valence-corrected chi connectivity index (χ2v) is 9.98. The van der Waals surface area contributed by atoms with Crippen LogP contribution in [0.5, 0.6) is 6.01 Å². The van der Waals surface area contributed by atoms with Crippen LogP contribution >= 0.6 is 0 Å². The topological polar surface area (TPSA) is 105 Å². The van der Waals surface area contributed by atoms with Crippen molar-refractivity contribution in [2.75, 3.05) is 40.4 Å². The molecule has 1 aliphatic rings. The van der Waals surface area contributed by atoms with E-state index in [9.17, 15) is 10.1 Å². The number of aromatic nitrogens is 3. The number of alkyl carbamates (subject to hydrolysis) is 1. The average molecular weight is 543 g/mol. The summed E-state index contributed by atoms with van der Waals surface area (Å²) in [6.45, 7) is 2.83. The molecule has 0 unspecified atom stereocenters. The van der Waals surface area contributed by atoms with Crippen molar-refractivity contribution in [3.63, 3.8) is 0 Å². The molecule has 10 heteroatoms. The molecule has 1 fully saturated rings. The number of methoxy groups -OCH3 is 1. The van der Waals surface area contributed by atoms with Crippen LogP contribution in [0.3, 0.4) is 0 Å². The first-order chi connectivity index (χ1) is 19.5. The molecular formula is C30H31FN6O3. The van der Waals surface area contributed by atoms with Crippen LogP contribution in [0.15, 0.2) is 54.9 Å². The second kappa shape index (κ2) is 12.1. The lowest BCUT2D eigenvalue weighted by atomic mass is 9.97. The molecule has 2 aromatic heterocycles. The van der Waals surface area contributed by atoms with Gasteiger partial charge in [0.1, 0.15) is 5.82 Å². The zero-order valence-corrected chi connectivity index (χ0v) is 22.6. The van der Waals surface area contributed by atoms with Crippen molar-refractivity contribution < 1.29 is 18.7 Å². The Kier molecular flexibility index (Phi) is 8.22. The fraction of sp³-hybridized carbons (Fsp3) is 0.333. The number of nitrogens with one attached hydrogen (secondary N) is 1. The van der Waals surface area contributed by atoms with Crippen molar-refractivity contribution in [1.82, 2.24) is 24.6 Å². The molecule has 206 valence electrons. The number of piperidine rings is 1. The van der Waals surface area contributed by atoms with Crippen molar-refractivity contribution in [2.24, 2.45) is 5.92 Å². The van der Waals surface area contributed by atoms with Crippen LogP contribution in [0.25, 0.3) is 28.0 Å². The van der Waals surface area contributed by atoms with Gasteiger partial charge in [-0.3, -0.25) is 4.40 Å². The number of amides is 1. The molecule has 4 aromatic rings. The molecule has 0 bridgehead atoms. The number of nitriles is 1. The third kappa shape index (κ3) is 5.90. The highest BCUT2D eigenvalue weighted by molar-refractivity contribution is 5.90. The molecular weight excluding hydrogens is 511 g/mol. The van der Waals surface area contributed by atoms with Crippen molar-refractivity contribution in [3.8, 4) is 34.5 Å². The summed E-state index contributed by atoms with van der Waals surface area (Å²) in [6, 6.07) is 14.7. The Labute approximate surface area is 232 Å². The van der Waals surface area contributed by atoms with Gasteiger partial charge in [0.15, 0.2) is 5.65 Å². The summed E-state index contributed by atoms with van der Waals surface area (Å²) in [5.41, 5.74) is 4.17. The van der Waals surface area contributed by atoms with E-state index in [1.165, 1.54) is 13.2 Å². The number of likely N-dealkylation sites (tertiary alicyclic amines) is 1. The molecule has 40 heavy (non-hydrogen) atoms.